The molecule has 17 heavy (non-hydrogen) atoms. The Balaban J connectivity index is 2.91. The van der Waals surface area contributed by atoms with Crippen molar-refractivity contribution < 1.29 is 9.18 Å². The van der Waals surface area contributed by atoms with Crippen molar-refractivity contribution >= 4 is 33.4 Å². The van der Waals surface area contributed by atoms with Gasteiger partial charge in [-0.2, -0.15) is 0 Å². The number of benzene rings is 1. The maximum absolute atomic E-state index is 13.6. The Hall–Kier alpha value is -0.610. The van der Waals surface area contributed by atoms with Crippen molar-refractivity contribution in [3.63, 3.8) is 0 Å². The van der Waals surface area contributed by atoms with E-state index in [1.807, 2.05) is 0 Å². The highest BCUT2D eigenvalue weighted by molar-refractivity contribution is 9.10. The summed E-state index contributed by atoms with van der Waals surface area (Å²) >= 11 is 9.09. The van der Waals surface area contributed by atoms with E-state index in [0.29, 0.717) is 4.47 Å². The molecule has 2 nitrogen and oxygen atoms in total. The number of nitrogens with one attached hydrogen (secondary N) is 1. The van der Waals surface area contributed by atoms with Crippen LogP contribution in [0.25, 0.3) is 0 Å². The first-order valence-corrected chi connectivity index (χ1v) is 6.38. The van der Waals surface area contributed by atoms with Crippen molar-refractivity contribution in [2.24, 2.45) is 0 Å². The molecule has 1 N–H and O–H groups in total. The Bertz CT molecular complexity index is 435. The van der Waals surface area contributed by atoms with Gasteiger partial charge >= 0.3 is 0 Å². The minimum atomic E-state index is -0.599. The summed E-state index contributed by atoms with van der Waals surface area (Å²) in [4.78, 5) is 11.9. The summed E-state index contributed by atoms with van der Waals surface area (Å²) in [6.45, 7) is 5.36. The van der Waals surface area contributed by atoms with Gasteiger partial charge in [-0.3, -0.25) is 4.79 Å². The normalized spacial score (nSPS) is 13.3. The maximum atomic E-state index is 13.6. The number of hydrogen-bond donors (Lipinski definition) is 1. The van der Waals surface area contributed by atoms with Crippen molar-refractivity contribution in [1.29, 1.82) is 0 Å². The topological polar surface area (TPSA) is 29.1 Å². The van der Waals surface area contributed by atoms with Crippen molar-refractivity contribution in [2.45, 2.75) is 31.7 Å². The molecule has 0 aliphatic carbocycles. The van der Waals surface area contributed by atoms with Crippen molar-refractivity contribution in [1.82, 2.24) is 5.32 Å². The van der Waals surface area contributed by atoms with Crippen LogP contribution in [-0.4, -0.2) is 16.8 Å². The van der Waals surface area contributed by atoms with Crippen LogP contribution in [0.1, 0.15) is 31.1 Å². The summed E-state index contributed by atoms with van der Waals surface area (Å²) in [5.41, 5.74) is -0.586. The van der Waals surface area contributed by atoms with Crippen LogP contribution < -0.4 is 5.32 Å². The summed E-state index contributed by atoms with van der Waals surface area (Å²) in [6, 6.07) is 4.31. The van der Waals surface area contributed by atoms with Crippen LogP contribution in [0.5, 0.6) is 0 Å². The van der Waals surface area contributed by atoms with Gasteiger partial charge in [-0.25, -0.2) is 4.39 Å². The smallest absolute Gasteiger partial charge is 0.254 e. The monoisotopic (exact) mass is 321 g/mol. The molecule has 0 saturated carbocycles. The predicted octanol–water partition coefficient (Wildman–Crippen LogP) is 3.72. The highest BCUT2D eigenvalue weighted by Crippen LogP contribution is 2.18. The predicted molar refractivity (Wildman–Crippen MR) is 71.0 cm³/mol. The molecule has 0 bridgehead atoms. The van der Waals surface area contributed by atoms with Crippen LogP contribution >= 0.6 is 27.5 Å². The van der Waals surface area contributed by atoms with Crippen LogP contribution in [0.3, 0.4) is 0 Å². The molecule has 1 unspecified atom stereocenters. The lowest BCUT2D eigenvalue weighted by Gasteiger charge is -2.29. The molecule has 0 saturated heterocycles. The molecular weight excluding hydrogens is 308 g/mol. The van der Waals surface area contributed by atoms with Gasteiger partial charge in [0.15, 0.2) is 0 Å². The molecule has 1 rings (SSSR count). The van der Waals surface area contributed by atoms with E-state index in [-0.39, 0.29) is 10.9 Å². The fraction of sp³-hybridized carbons (Fsp3) is 0.417. The molecule has 1 aromatic rings. The van der Waals surface area contributed by atoms with E-state index in [1.54, 1.807) is 26.8 Å². The second-order valence-corrected chi connectivity index (χ2v) is 5.99. The second kappa shape index (κ2) is 5.36. The van der Waals surface area contributed by atoms with Gasteiger partial charge in [-0.15, -0.1) is 11.6 Å². The minimum Gasteiger partial charge on any atom is -0.346 e. The molecule has 0 radical (unpaired) electrons. The summed E-state index contributed by atoms with van der Waals surface area (Å²) in [5.74, 6) is -1.03. The third kappa shape index (κ3) is 3.68. The number of amides is 1. The molecular formula is C12H14BrClFNO. The standard InChI is InChI=1S/C12H14BrClFNO/c1-7(14)12(2,3)16-11(17)9-5-4-8(13)6-10(9)15/h4-7H,1-3H3,(H,16,17). The first-order valence-electron chi connectivity index (χ1n) is 5.15. The SMILES string of the molecule is CC(Cl)C(C)(C)NC(=O)c1ccc(Br)cc1F. The number of rotatable bonds is 3. The molecule has 1 atom stereocenters. The van der Waals surface area contributed by atoms with E-state index in [1.165, 1.54) is 12.1 Å². The van der Waals surface area contributed by atoms with Gasteiger partial charge in [0.05, 0.1) is 16.5 Å². The molecule has 0 spiro atoms. The van der Waals surface area contributed by atoms with Gasteiger partial charge in [0.2, 0.25) is 0 Å². The Morgan fingerprint density at radius 3 is 2.59 bits per heavy atom. The molecule has 0 aromatic heterocycles. The first kappa shape index (κ1) is 14.5. The van der Waals surface area contributed by atoms with Crippen molar-refractivity contribution in [3.05, 3.63) is 34.1 Å². The summed E-state index contributed by atoms with van der Waals surface area (Å²) in [7, 11) is 0. The molecule has 94 valence electrons. The lowest BCUT2D eigenvalue weighted by atomic mass is 10.0. The second-order valence-electron chi connectivity index (χ2n) is 4.42. The zero-order valence-electron chi connectivity index (χ0n) is 9.85. The van der Waals surface area contributed by atoms with Crippen molar-refractivity contribution in [3.8, 4) is 0 Å². The van der Waals surface area contributed by atoms with E-state index in [9.17, 15) is 9.18 Å². The zero-order chi connectivity index (χ0) is 13.2. The average Bonchev–Trinajstić information content (AvgIpc) is 2.15. The highest BCUT2D eigenvalue weighted by Gasteiger charge is 2.27. The molecule has 0 heterocycles. The van der Waals surface area contributed by atoms with Gasteiger partial charge in [0, 0.05) is 4.47 Å². The molecule has 0 aliphatic rings. The Kier molecular flexibility index (Phi) is 4.55. The van der Waals surface area contributed by atoms with Crippen LogP contribution in [0.2, 0.25) is 0 Å². The van der Waals surface area contributed by atoms with Crippen LogP contribution in [0, 0.1) is 5.82 Å². The molecule has 1 amide bonds. The number of carbonyl (C=O) groups excluding carboxylic acids is 1. The lowest BCUT2D eigenvalue weighted by molar-refractivity contribution is 0.0908. The molecule has 5 heteroatoms. The van der Waals surface area contributed by atoms with Gasteiger partial charge < -0.3 is 5.32 Å². The Morgan fingerprint density at radius 2 is 2.12 bits per heavy atom. The number of hydrogen-bond acceptors (Lipinski definition) is 1. The first-order chi connectivity index (χ1) is 7.74. The fourth-order valence-electron chi connectivity index (χ4n) is 1.13. The molecule has 0 aliphatic heterocycles. The fourth-order valence-corrected chi connectivity index (χ4v) is 1.52. The van der Waals surface area contributed by atoms with Crippen LogP contribution in [0.15, 0.2) is 22.7 Å². The van der Waals surface area contributed by atoms with Gasteiger partial charge in [-0.05, 0) is 39.0 Å². The quantitative estimate of drug-likeness (QED) is 0.844. The summed E-state index contributed by atoms with van der Waals surface area (Å²) < 4.78 is 14.1. The van der Waals surface area contributed by atoms with Crippen LogP contribution in [0.4, 0.5) is 4.39 Å². The van der Waals surface area contributed by atoms with E-state index in [0.717, 1.165) is 0 Å². The van der Waals surface area contributed by atoms with E-state index < -0.39 is 17.3 Å². The third-order valence-electron chi connectivity index (χ3n) is 2.61. The van der Waals surface area contributed by atoms with E-state index >= 15 is 0 Å². The molecule has 1 aromatic carbocycles. The average molecular weight is 323 g/mol. The van der Waals surface area contributed by atoms with Crippen LogP contribution in [-0.2, 0) is 0 Å². The number of alkyl halides is 1. The largest absolute Gasteiger partial charge is 0.346 e. The lowest BCUT2D eigenvalue weighted by Crippen LogP contribution is -2.49. The zero-order valence-corrected chi connectivity index (χ0v) is 12.2. The Labute approximate surface area is 114 Å². The van der Waals surface area contributed by atoms with Gasteiger partial charge in [0.1, 0.15) is 5.82 Å². The maximum Gasteiger partial charge on any atom is 0.254 e. The molecule has 0 fully saturated rings. The number of carbonyl (C=O) groups is 1. The van der Waals surface area contributed by atoms with E-state index in [2.05, 4.69) is 21.2 Å². The number of halogens is 3. The van der Waals surface area contributed by atoms with E-state index in [4.69, 9.17) is 11.6 Å². The summed E-state index contributed by atoms with van der Waals surface area (Å²) in [5, 5.41) is 2.45. The Morgan fingerprint density at radius 1 is 1.53 bits per heavy atom. The van der Waals surface area contributed by atoms with Crippen molar-refractivity contribution in [2.75, 3.05) is 0 Å². The van der Waals surface area contributed by atoms with Gasteiger partial charge in [-0.1, -0.05) is 15.9 Å². The third-order valence-corrected chi connectivity index (χ3v) is 3.64. The van der Waals surface area contributed by atoms with Gasteiger partial charge in [0.25, 0.3) is 5.91 Å². The summed E-state index contributed by atoms with van der Waals surface area (Å²) in [6.07, 6.45) is 0. The highest BCUT2D eigenvalue weighted by atomic mass is 79.9. The minimum absolute atomic E-state index is 0.0126.